The van der Waals surface area contributed by atoms with Crippen molar-refractivity contribution in [1.82, 2.24) is 9.97 Å². The summed E-state index contributed by atoms with van der Waals surface area (Å²) in [6.45, 7) is 13.3. The van der Waals surface area contributed by atoms with E-state index in [1.807, 2.05) is 6.07 Å². The Morgan fingerprint density at radius 1 is 1.03 bits per heavy atom. The van der Waals surface area contributed by atoms with Crippen LogP contribution < -0.4 is 5.32 Å². The Morgan fingerprint density at radius 2 is 1.69 bits per heavy atom. The topological polar surface area (TPSA) is 68.0 Å². The Bertz CT molecular complexity index is 1170. The van der Waals surface area contributed by atoms with Crippen molar-refractivity contribution in [1.29, 1.82) is 0 Å². The predicted octanol–water partition coefficient (Wildman–Crippen LogP) is 6.53. The molecule has 0 atom stereocenters. The minimum atomic E-state index is -0.400. The van der Waals surface area contributed by atoms with Crippen LogP contribution in [0.15, 0.2) is 34.7 Å². The standard InChI is InChI=1S/C26H30ClN3O2/c1-15-11-19-20(26(5,6)10-9-25(19,3)4)14-17(15)13-18-7-8-21(32-18)23(31)30-24-28-16(2)12-22(27)29-24/h7-8,11-12,14H,9-10,13H2,1-6H3,(H,28,29,30,31). The number of hydrogen-bond donors (Lipinski definition) is 1. The van der Waals surface area contributed by atoms with Crippen LogP contribution in [-0.2, 0) is 17.3 Å². The maximum Gasteiger partial charge on any atom is 0.293 e. The van der Waals surface area contributed by atoms with Crippen molar-refractivity contribution in [2.75, 3.05) is 5.32 Å². The van der Waals surface area contributed by atoms with Gasteiger partial charge in [-0.05, 0) is 78.0 Å². The number of hydrogen-bond acceptors (Lipinski definition) is 4. The summed E-state index contributed by atoms with van der Waals surface area (Å²) in [7, 11) is 0. The molecule has 1 aliphatic carbocycles. The van der Waals surface area contributed by atoms with Crippen LogP contribution in [0.3, 0.4) is 0 Å². The monoisotopic (exact) mass is 451 g/mol. The predicted molar refractivity (Wildman–Crippen MR) is 128 cm³/mol. The average Bonchev–Trinajstić information content (AvgIpc) is 3.15. The highest BCUT2D eigenvalue weighted by Gasteiger charge is 2.37. The number of benzene rings is 1. The maximum absolute atomic E-state index is 12.6. The van der Waals surface area contributed by atoms with E-state index in [2.05, 4.69) is 62.0 Å². The lowest BCUT2D eigenvalue weighted by atomic mass is 9.62. The van der Waals surface area contributed by atoms with Gasteiger partial charge in [-0.2, -0.15) is 0 Å². The van der Waals surface area contributed by atoms with Crippen molar-refractivity contribution < 1.29 is 9.21 Å². The Hall–Kier alpha value is -2.66. The first-order valence-corrected chi connectivity index (χ1v) is 11.4. The number of aromatic nitrogens is 2. The van der Waals surface area contributed by atoms with E-state index in [0.29, 0.717) is 12.1 Å². The number of carbonyl (C=O) groups excluding carboxylic acids is 1. The summed E-state index contributed by atoms with van der Waals surface area (Å²) in [5.74, 6) is 0.726. The van der Waals surface area contributed by atoms with Crippen LogP contribution in [0.1, 0.15) is 84.8 Å². The van der Waals surface area contributed by atoms with E-state index in [9.17, 15) is 4.79 Å². The lowest BCUT2D eigenvalue weighted by molar-refractivity contribution is 0.0994. The first kappa shape index (κ1) is 22.5. The molecule has 5 nitrogen and oxygen atoms in total. The van der Waals surface area contributed by atoms with E-state index in [0.717, 1.165) is 5.76 Å². The van der Waals surface area contributed by atoms with Gasteiger partial charge >= 0.3 is 0 Å². The number of nitrogens with one attached hydrogen (secondary N) is 1. The summed E-state index contributed by atoms with van der Waals surface area (Å²) >= 11 is 5.95. The van der Waals surface area contributed by atoms with Gasteiger partial charge in [0.25, 0.3) is 5.91 Å². The molecule has 0 spiro atoms. The Labute approximate surface area is 194 Å². The molecule has 0 fully saturated rings. The molecule has 0 saturated carbocycles. The van der Waals surface area contributed by atoms with Crippen LogP contribution in [0.5, 0.6) is 0 Å². The van der Waals surface area contributed by atoms with Crippen LogP contribution >= 0.6 is 11.6 Å². The number of aryl methyl sites for hydroxylation is 2. The molecule has 0 saturated heterocycles. The first-order chi connectivity index (χ1) is 14.9. The van der Waals surface area contributed by atoms with Gasteiger partial charge in [0, 0.05) is 12.1 Å². The molecule has 0 aliphatic heterocycles. The van der Waals surface area contributed by atoms with Crippen molar-refractivity contribution in [2.45, 2.75) is 71.6 Å². The van der Waals surface area contributed by atoms with E-state index in [4.69, 9.17) is 16.0 Å². The van der Waals surface area contributed by atoms with E-state index in [1.165, 1.54) is 35.1 Å². The van der Waals surface area contributed by atoms with E-state index < -0.39 is 5.91 Å². The van der Waals surface area contributed by atoms with Crippen molar-refractivity contribution in [3.63, 3.8) is 0 Å². The van der Waals surface area contributed by atoms with E-state index in [-0.39, 0.29) is 27.7 Å². The largest absolute Gasteiger partial charge is 0.456 e. The molecular formula is C26H30ClN3O2. The Kier molecular flexibility index (Phi) is 5.66. The zero-order valence-electron chi connectivity index (χ0n) is 19.6. The third-order valence-electron chi connectivity index (χ3n) is 6.61. The molecular weight excluding hydrogens is 422 g/mol. The molecule has 0 bridgehead atoms. The van der Waals surface area contributed by atoms with Crippen molar-refractivity contribution >= 4 is 23.5 Å². The molecule has 6 heteroatoms. The van der Waals surface area contributed by atoms with Gasteiger partial charge in [-0.1, -0.05) is 51.4 Å². The van der Waals surface area contributed by atoms with Gasteiger partial charge < -0.3 is 4.42 Å². The molecule has 2 aromatic heterocycles. The number of rotatable bonds is 4. The molecule has 168 valence electrons. The van der Waals surface area contributed by atoms with Crippen LogP contribution in [0.4, 0.5) is 5.95 Å². The molecule has 2 heterocycles. The van der Waals surface area contributed by atoms with Crippen LogP contribution in [0, 0.1) is 13.8 Å². The second-order valence-corrected chi connectivity index (χ2v) is 10.5. The fourth-order valence-electron chi connectivity index (χ4n) is 4.49. The molecule has 32 heavy (non-hydrogen) atoms. The molecule has 1 aromatic carbocycles. The van der Waals surface area contributed by atoms with Crippen molar-refractivity contribution in [2.24, 2.45) is 0 Å². The summed E-state index contributed by atoms with van der Waals surface area (Å²) in [6.07, 6.45) is 3.00. The molecule has 3 aromatic rings. The number of fused-ring (bicyclic) bond motifs is 1. The van der Waals surface area contributed by atoms with Gasteiger partial charge in [0.2, 0.25) is 5.95 Å². The van der Waals surface area contributed by atoms with Gasteiger partial charge in [0.1, 0.15) is 10.9 Å². The number of anilines is 1. The van der Waals surface area contributed by atoms with Crippen LogP contribution in [0.25, 0.3) is 0 Å². The quantitative estimate of drug-likeness (QED) is 0.457. The Morgan fingerprint density at radius 3 is 2.34 bits per heavy atom. The lowest BCUT2D eigenvalue weighted by Gasteiger charge is -2.42. The second-order valence-electron chi connectivity index (χ2n) is 10.1. The number of furan rings is 1. The Balaban J connectivity index is 1.57. The summed E-state index contributed by atoms with van der Waals surface area (Å²) in [4.78, 5) is 20.8. The first-order valence-electron chi connectivity index (χ1n) is 11.0. The molecule has 1 aliphatic rings. The number of halogens is 1. The summed E-state index contributed by atoms with van der Waals surface area (Å²) in [5, 5.41) is 2.93. The fraction of sp³-hybridized carbons (Fsp3) is 0.423. The van der Waals surface area contributed by atoms with Crippen molar-refractivity contribution in [3.8, 4) is 0 Å². The van der Waals surface area contributed by atoms with Gasteiger partial charge in [0.05, 0.1) is 0 Å². The van der Waals surface area contributed by atoms with Gasteiger partial charge in [-0.3, -0.25) is 10.1 Å². The minimum Gasteiger partial charge on any atom is -0.456 e. The normalized spacial score (nSPS) is 16.5. The number of carbonyl (C=O) groups is 1. The lowest BCUT2D eigenvalue weighted by Crippen LogP contribution is -2.34. The van der Waals surface area contributed by atoms with Gasteiger partial charge in [-0.25, -0.2) is 9.97 Å². The fourth-order valence-corrected chi connectivity index (χ4v) is 4.73. The zero-order chi connectivity index (χ0) is 23.3. The highest BCUT2D eigenvalue weighted by Crippen LogP contribution is 2.46. The van der Waals surface area contributed by atoms with Crippen LogP contribution in [-0.4, -0.2) is 15.9 Å². The van der Waals surface area contributed by atoms with E-state index >= 15 is 0 Å². The summed E-state index contributed by atoms with van der Waals surface area (Å²) < 4.78 is 5.87. The number of amides is 1. The maximum atomic E-state index is 12.6. The smallest absolute Gasteiger partial charge is 0.293 e. The summed E-state index contributed by atoms with van der Waals surface area (Å²) in [6, 6.07) is 9.86. The van der Waals surface area contributed by atoms with Crippen LogP contribution in [0.2, 0.25) is 5.15 Å². The zero-order valence-corrected chi connectivity index (χ0v) is 20.4. The summed E-state index contributed by atoms with van der Waals surface area (Å²) in [5.41, 5.74) is 6.36. The molecule has 0 radical (unpaired) electrons. The highest BCUT2D eigenvalue weighted by molar-refractivity contribution is 6.29. The third-order valence-corrected chi connectivity index (χ3v) is 6.80. The molecule has 0 unspecified atom stereocenters. The van der Waals surface area contributed by atoms with Gasteiger partial charge in [-0.15, -0.1) is 0 Å². The molecule has 4 rings (SSSR count). The highest BCUT2D eigenvalue weighted by atomic mass is 35.5. The van der Waals surface area contributed by atoms with E-state index in [1.54, 1.807) is 19.1 Å². The second kappa shape index (κ2) is 8.04. The molecule has 1 amide bonds. The van der Waals surface area contributed by atoms with Crippen molar-refractivity contribution in [3.05, 3.63) is 75.0 Å². The average molecular weight is 452 g/mol. The minimum absolute atomic E-state index is 0.149. The third kappa shape index (κ3) is 4.44. The SMILES string of the molecule is Cc1cc(Cl)nc(NC(=O)c2ccc(Cc3cc4c(cc3C)C(C)(C)CCC4(C)C)o2)n1. The van der Waals surface area contributed by atoms with Gasteiger partial charge in [0.15, 0.2) is 5.76 Å². The number of nitrogens with zero attached hydrogens (tertiary/aromatic N) is 2. The molecule has 1 N–H and O–H groups in total.